The van der Waals surface area contributed by atoms with Crippen LogP contribution in [0.15, 0.2) is 24.3 Å². The molecule has 1 aromatic carbocycles. The number of aliphatic carboxylic acids is 1. The van der Waals surface area contributed by atoms with Crippen molar-refractivity contribution in [3.63, 3.8) is 0 Å². The van der Waals surface area contributed by atoms with Crippen LogP contribution >= 0.6 is 0 Å². The summed E-state index contributed by atoms with van der Waals surface area (Å²) in [4.78, 5) is 23.0. The standard InChI is InChI=1S/C14H13NO4/c1-2-5-11(14(17)18)15-13(16)10-8-19-12-7-4-3-6-9(10)12/h1,3-4,6-7,10-11H,5,8H2,(H,15,16)(H,17,18). The van der Waals surface area contributed by atoms with Gasteiger partial charge in [-0.2, -0.15) is 0 Å². The van der Waals surface area contributed by atoms with E-state index in [1.807, 2.05) is 12.1 Å². The summed E-state index contributed by atoms with van der Waals surface area (Å²) < 4.78 is 5.39. The second-order valence-electron chi connectivity index (χ2n) is 4.21. The Bertz CT molecular complexity index is 547. The van der Waals surface area contributed by atoms with Gasteiger partial charge < -0.3 is 15.2 Å². The van der Waals surface area contributed by atoms with E-state index in [0.29, 0.717) is 5.75 Å². The van der Waals surface area contributed by atoms with Crippen LogP contribution in [-0.2, 0) is 9.59 Å². The van der Waals surface area contributed by atoms with Gasteiger partial charge in [0.2, 0.25) is 5.91 Å². The van der Waals surface area contributed by atoms with E-state index in [0.717, 1.165) is 5.56 Å². The highest BCUT2D eigenvalue weighted by atomic mass is 16.5. The lowest BCUT2D eigenvalue weighted by Crippen LogP contribution is -2.43. The van der Waals surface area contributed by atoms with Crippen LogP contribution in [0.2, 0.25) is 0 Å². The van der Waals surface area contributed by atoms with Gasteiger partial charge in [-0.15, -0.1) is 12.3 Å². The molecule has 2 rings (SSSR count). The Hall–Kier alpha value is -2.48. The molecule has 5 nitrogen and oxygen atoms in total. The van der Waals surface area contributed by atoms with Crippen LogP contribution in [-0.4, -0.2) is 29.6 Å². The molecule has 0 aromatic heterocycles. The molecular formula is C14H13NO4. The van der Waals surface area contributed by atoms with Crippen molar-refractivity contribution >= 4 is 11.9 Å². The normalized spacial score (nSPS) is 17.7. The second-order valence-corrected chi connectivity index (χ2v) is 4.21. The number of fused-ring (bicyclic) bond motifs is 1. The van der Waals surface area contributed by atoms with E-state index < -0.39 is 17.9 Å². The molecule has 19 heavy (non-hydrogen) atoms. The van der Waals surface area contributed by atoms with Gasteiger partial charge in [-0.1, -0.05) is 18.2 Å². The first kappa shape index (κ1) is 13.0. The minimum atomic E-state index is -1.14. The lowest BCUT2D eigenvalue weighted by atomic mass is 10.00. The molecule has 0 fully saturated rings. The Kier molecular flexibility index (Phi) is 3.71. The topological polar surface area (TPSA) is 75.6 Å². The van der Waals surface area contributed by atoms with Gasteiger partial charge in [-0.05, 0) is 6.07 Å². The summed E-state index contributed by atoms with van der Waals surface area (Å²) in [6, 6.07) is 6.13. The molecule has 5 heteroatoms. The minimum Gasteiger partial charge on any atom is -0.492 e. The molecule has 0 aliphatic carbocycles. The highest BCUT2D eigenvalue weighted by Crippen LogP contribution is 2.33. The average Bonchev–Trinajstić information content (AvgIpc) is 2.81. The number of carboxylic acids is 1. The molecule has 1 aliphatic heterocycles. The van der Waals surface area contributed by atoms with Crippen molar-refractivity contribution in [2.45, 2.75) is 18.4 Å². The number of amides is 1. The number of carbonyl (C=O) groups is 2. The predicted octanol–water partition coefficient (Wildman–Crippen LogP) is 0.755. The average molecular weight is 259 g/mol. The van der Waals surface area contributed by atoms with Crippen LogP contribution in [0.1, 0.15) is 17.9 Å². The van der Waals surface area contributed by atoms with E-state index in [9.17, 15) is 9.59 Å². The van der Waals surface area contributed by atoms with Gasteiger partial charge in [0.15, 0.2) is 0 Å². The third kappa shape index (κ3) is 2.68. The van der Waals surface area contributed by atoms with Crippen molar-refractivity contribution in [3.05, 3.63) is 29.8 Å². The Morgan fingerprint density at radius 1 is 1.53 bits per heavy atom. The summed E-state index contributed by atoms with van der Waals surface area (Å²) in [7, 11) is 0. The van der Waals surface area contributed by atoms with Crippen LogP contribution < -0.4 is 10.1 Å². The van der Waals surface area contributed by atoms with Crippen LogP contribution in [0.5, 0.6) is 5.75 Å². The minimum absolute atomic E-state index is 0.0453. The van der Waals surface area contributed by atoms with Gasteiger partial charge >= 0.3 is 5.97 Å². The number of ether oxygens (including phenoxy) is 1. The molecule has 2 N–H and O–H groups in total. The highest BCUT2D eigenvalue weighted by Gasteiger charge is 2.32. The van der Waals surface area contributed by atoms with Crippen LogP contribution in [0, 0.1) is 12.3 Å². The first-order valence-electron chi connectivity index (χ1n) is 5.82. The molecule has 0 saturated heterocycles. The lowest BCUT2D eigenvalue weighted by Gasteiger charge is -2.15. The maximum absolute atomic E-state index is 12.1. The smallest absolute Gasteiger partial charge is 0.327 e. The number of carboxylic acid groups (broad SMARTS) is 1. The Morgan fingerprint density at radius 3 is 2.95 bits per heavy atom. The molecule has 2 atom stereocenters. The van der Waals surface area contributed by atoms with Crippen molar-refractivity contribution < 1.29 is 19.4 Å². The summed E-state index contributed by atoms with van der Waals surface area (Å²) >= 11 is 0. The fraction of sp³-hybridized carbons (Fsp3) is 0.286. The number of benzene rings is 1. The molecule has 0 saturated carbocycles. The molecule has 0 spiro atoms. The lowest BCUT2D eigenvalue weighted by molar-refractivity contribution is -0.141. The third-order valence-electron chi connectivity index (χ3n) is 2.95. The molecule has 0 radical (unpaired) electrons. The van der Waals surface area contributed by atoms with Crippen molar-refractivity contribution in [3.8, 4) is 18.1 Å². The van der Waals surface area contributed by atoms with Crippen molar-refractivity contribution in [2.24, 2.45) is 0 Å². The van der Waals surface area contributed by atoms with Crippen LogP contribution in [0.4, 0.5) is 0 Å². The number of para-hydroxylation sites is 1. The van der Waals surface area contributed by atoms with E-state index in [-0.39, 0.29) is 18.9 Å². The van der Waals surface area contributed by atoms with E-state index in [1.165, 1.54) is 0 Å². The molecule has 2 unspecified atom stereocenters. The largest absolute Gasteiger partial charge is 0.492 e. The number of rotatable bonds is 4. The molecule has 1 aliphatic rings. The Labute approximate surface area is 110 Å². The molecule has 1 aromatic rings. The SMILES string of the molecule is C#CCC(NC(=O)C1COc2ccccc21)C(=O)O. The number of hydrogen-bond acceptors (Lipinski definition) is 3. The summed E-state index contributed by atoms with van der Waals surface area (Å²) in [5.41, 5.74) is 0.768. The molecular weight excluding hydrogens is 246 g/mol. The van der Waals surface area contributed by atoms with Crippen molar-refractivity contribution in [1.29, 1.82) is 0 Å². The maximum atomic E-state index is 12.1. The molecule has 1 amide bonds. The summed E-state index contributed by atoms with van der Waals surface area (Å²) in [6.07, 6.45) is 5.04. The zero-order chi connectivity index (χ0) is 13.8. The Balaban J connectivity index is 2.10. The Morgan fingerprint density at radius 2 is 2.26 bits per heavy atom. The monoisotopic (exact) mass is 259 g/mol. The number of carbonyl (C=O) groups excluding carboxylic acids is 1. The first-order valence-corrected chi connectivity index (χ1v) is 5.82. The van der Waals surface area contributed by atoms with E-state index in [1.54, 1.807) is 12.1 Å². The number of nitrogens with one attached hydrogen (secondary N) is 1. The van der Waals surface area contributed by atoms with E-state index in [4.69, 9.17) is 16.3 Å². The number of hydrogen-bond donors (Lipinski definition) is 2. The van der Waals surface area contributed by atoms with Gasteiger partial charge in [-0.25, -0.2) is 4.79 Å². The maximum Gasteiger partial charge on any atom is 0.327 e. The van der Waals surface area contributed by atoms with Gasteiger partial charge in [-0.3, -0.25) is 4.79 Å². The zero-order valence-electron chi connectivity index (χ0n) is 10.1. The van der Waals surface area contributed by atoms with Gasteiger partial charge in [0.05, 0.1) is 0 Å². The number of terminal acetylenes is 1. The predicted molar refractivity (Wildman–Crippen MR) is 67.7 cm³/mol. The summed E-state index contributed by atoms with van der Waals surface area (Å²) in [6.45, 7) is 0.216. The van der Waals surface area contributed by atoms with Gasteiger partial charge in [0.1, 0.15) is 24.3 Å². The van der Waals surface area contributed by atoms with Crippen molar-refractivity contribution in [2.75, 3.05) is 6.61 Å². The van der Waals surface area contributed by atoms with Crippen LogP contribution in [0.25, 0.3) is 0 Å². The zero-order valence-corrected chi connectivity index (χ0v) is 10.1. The van der Waals surface area contributed by atoms with E-state index in [2.05, 4.69) is 11.2 Å². The molecule has 0 bridgehead atoms. The first-order chi connectivity index (χ1) is 9.13. The van der Waals surface area contributed by atoms with Crippen LogP contribution in [0.3, 0.4) is 0 Å². The molecule has 1 heterocycles. The van der Waals surface area contributed by atoms with Gasteiger partial charge in [0.25, 0.3) is 0 Å². The van der Waals surface area contributed by atoms with Gasteiger partial charge in [0, 0.05) is 12.0 Å². The summed E-state index contributed by atoms with van der Waals surface area (Å²) in [5, 5.41) is 11.4. The second kappa shape index (κ2) is 5.44. The summed E-state index contributed by atoms with van der Waals surface area (Å²) in [5.74, 6) is 0.884. The van der Waals surface area contributed by atoms with Crippen molar-refractivity contribution in [1.82, 2.24) is 5.32 Å². The third-order valence-corrected chi connectivity index (χ3v) is 2.95. The fourth-order valence-corrected chi connectivity index (χ4v) is 1.97. The van der Waals surface area contributed by atoms with E-state index >= 15 is 0 Å². The molecule has 98 valence electrons. The highest BCUT2D eigenvalue weighted by molar-refractivity contribution is 5.89. The fourth-order valence-electron chi connectivity index (χ4n) is 1.97. The quantitative estimate of drug-likeness (QED) is 0.783.